The van der Waals surface area contributed by atoms with E-state index in [4.69, 9.17) is 32.7 Å². The minimum absolute atomic E-state index is 0.0919. The molecular weight excluding hydrogens is 571 g/mol. The molecule has 0 N–H and O–H groups in total. The van der Waals surface area contributed by atoms with E-state index in [2.05, 4.69) is 52.8 Å². The van der Waals surface area contributed by atoms with Gasteiger partial charge in [-0.25, -0.2) is 4.98 Å². The monoisotopic (exact) mass is 574 g/mol. The smallest absolute Gasteiger partial charge is 0.288 e. The van der Waals surface area contributed by atoms with Crippen molar-refractivity contribution in [3.05, 3.63) is 58.5 Å². The van der Waals surface area contributed by atoms with Crippen LogP contribution in [0.2, 0.25) is 10.0 Å². The lowest BCUT2D eigenvalue weighted by Gasteiger charge is -2.12. The molecule has 1 aromatic heterocycles. The Kier molecular flexibility index (Phi) is 7.51. The summed E-state index contributed by atoms with van der Waals surface area (Å²) < 4.78 is 12.1. The Balaban J connectivity index is 2.23. The number of aromatic nitrogens is 1. The summed E-state index contributed by atoms with van der Waals surface area (Å²) in [6, 6.07) is 4.35. The van der Waals surface area contributed by atoms with E-state index in [0.29, 0.717) is 16.8 Å². The third-order valence-electron chi connectivity index (χ3n) is 2.66. The molecule has 0 fully saturated rings. The number of rotatable bonds is 6. The fourth-order valence-corrected chi connectivity index (χ4v) is 2.83. The van der Waals surface area contributed by atoms with E-state index in [9.17, 15) is 10.1 Å². The molecule has 0 bridgehead atoms. The van der Waals surface area contributed by atoms with Crippen LogP contribution in [0.5, 0.6) is 17.4 Å². The van der Waals surface area contributed by atoms with E-state index in [1.165, 1.54) is 18.2 Å². The van der Waals surface area contributed by atoms with Crippen LogP contribution in [-0.4, -0.2) is 16.5 Å². The van der Waals surface area contributed by atoms with E-state index in [1.54, 1.807) is 6.08 Å². The lowest BCUT2D eigenvalue weighted by atomic mass is 10.3. The first kappa shape index (κ1) is 20.4. The Hall–Kier alpha value is -0.870. The van der Waals surface area contributed by atoms with Crippen LogP contribution in [0.15, 0.2) is 38.3 Å². The Morgan fingerprint density at radius 1 is 1.28 bits per heavy atom. The largest absolute Gasteiger partial charge is 0.489 e. The predicted molar refractivity (Wildman–Crippen MR) is 107 cm³/mol. The highest BCUT2D eigenvalue weighted by molar-refractivity contribution is 9.28. The highest BCUT2D eigenvalue weighted by atomic mass is 79.9. The second-order valence-electron chi connectivity index (χ2n) is 4.36. The van der Waals surface area contributed by atoms with Crippen LogP contribution in [0, 0.1) is 10.1 Å². The molecule has 1 heterocycles. The fourth-order valence-electron chi connectivity index (χ4n) is 1.61. The number of nitro groups is 1. The van der Waals surface area contributed by atoms with Gasteiger partial charge in [0.1, 0.15) is 18.6 Å². The number of hydrogen-bond acceptors (Lipinski definition) is 5. The van der Waals surface area contributed by atoms with Gasteiger partial charge in [0.15, 0.2) is 5.75 Å². The third-order valence-corrected chi connectivity index (χ3v) is 4.44. The maximum atomic E-state index is 10.7. The average Bonchev–Trinajstić information content (AvgIpc) is 2.51. The number of pyridine rings is 1. The first-order chi connectivity index (χ1) is 11.8. The fraction of sp³-hybridized carbons (Fsp3) is 0.0714. The Labute approximate surface area is 177 Å². The van der Waals surface area contributed by atoms with E-state index >= 15 is 0 Å². The van der Waals surface area contributed by atoms with Gasteiger partial charge in [-0.05, 0) is 53.9 Å². The van der Waals surface area contributed by atoms with Gasteiger partial charge in [-0.15, -0.1) is 0 Å². The molecule has 0 radical (unpaired) electrons. The molecule has 11 heteroatoms. The third kappa shape index (κ3) is 5.82. The predicted octanol–water partition coefficient (Wildman–Crippen LogP) is 6.86. The van der Waals surface area contributed by atoms with Crippen molar-refractivity contribution >= 4 is 76.7 Å². The lowest BCUT2D eigenvalue weighted by molar-refractivity contribution is -0.385. The molecule has 0 aliphatic carbocycles. The molecular formula is C14H7Br3Cl2N2O4. The molecule has 132 valence electrons. The maximum Gasteiger partial charge on any atom is 0.288 e. The molecule has 6 nitrogen and oxygen atoms in total. The molecule has 2 rings (SSSR count). The molecule has 0 spiro atoms. The normalized spacial score (nSPS) is 10.3. The van der Waals surface area contributed by atoms with Gasteiger partial charge in [0.05, 0.1) is 22.8 Å². The molecule has 0 aliphatic heterocycles. The molecule has 1 aromatic carbocycles. The second kappa shape index (κ2) is 9.18. The number of ether oxygens (including phenoxy) is 2. The van der Waals surface area contributed by atoms with Gasteiger partial charge in [0.2, 0.25) is 5.88 Å². The van der Waals surface area contributed by atoms with Crippen LogP contribution >= 0.6 is 71.0 Å². The van der Waals surface area contributed by atoms with E-state index in [1.807, 2.05) is 0 Å². The van der Waals surface area contributed by atoms with Crippen molar-refractivity contribution in [3.8, 4) is 17.4 Å². The summed E-state index contributed by atoms with van der Waals surface area (Å²) in [5, 5.41) is 11.1. The standard InChI is InChI=1S/C14H7Br3Cl2N2O4/c15-9-3-7(21(22)23)6-20-14(9)25-13-10(18)4-8(5-11(13)19)24-2-1-12(16)17/h1,3-6H,2H2. The van der Waals surface area contributed by atoms with Gasteiger partial charge in [-0.2, -0.15) is 0 Å². The van der Waals surface area contributed by atoms with Crippen molar-refractivity contribution in [1.82, 2.24) is 4.98 Å². The minimum atomic E-state index is -0.562. The summed E-state index contributed by atoms with van der Waals surface area (Å²) in [6.07, 6.45) is 2.83. The van der Waals surface area contributed by atoms with Crippen molar-refractivity contribution in [2.45, 2.75) is 0 Å². The van der Waals surface area contributed by atoms with Crippen LogP contribution in [0.25, 0.3) is 0 Å². The van der Waals surface area contributed by atoms with Crippen molar-refractivity contribution < 1.29 is 14.4 Å². The zero-order valence-corrected chi connectivity index (χ0v) is 18.3. The lowest BCUT2D eigenvalue weighted by Crippen LogP contribution is -1.96. The van der Waals surface area contributed by atoms with Crippen LogP contribution in [0.1, 0.15) is 0 Å². The topological polar surface area (TPSA) is 74.5 Å². The molecule has 0 amide bonds. The molecule has 25 heavy (non-hydrogen) atoms. The van der Waals surface area contributed by atoms with Gasteiger partial charge in [-0.3, -0.25) is 10.1 Å². The summed E-state index contributed by atoms with van der Waals surface area (Å²) in [5.74, 6) is 0.708. The molecule has 2 aromatic rings. The first-order valence-electron chi connectivity index (χ1n) is 6.38. The van der Waals surface area contributed by atoms with E-state index in [0.717, 1.165) is 9.59 Å². The number of benzene rings is 1. The zero-order valence-electron chi connectivity index (χ0n) is 12.0. The zero-order chi connectivity index (χ0) is 18.6. The van der Waals surface area contributed by atoms with Crippen molar-refractivity contribution in [2.24, 2.45) is 0 Å². The van der Waals surface area contributed by atoms with Crippen molar-refractivity contribution in [3.63, 3.8) is 0 Å². The first-order valence-corrected chi connectivity index (χ1v) is 9.52. The molecule has 0 saturated carbocycles. The maximum absolute atomic E-state index is 10.7. The molecule has 0 saturated heterocycles. The summed E-state index contributed by atoms with van der Waals surface area (Å²) >= 11 is 22.0. The quantitative estimate of drug-likeness (QED) is 0.277. The van der Waals surface area contributed by atoms with Gasteiger partial charge in [0.25, 0.3) is 5.69 Å². The van der Waals surface area contributed by atoms with Gasteiger partial charge >= 0.3 is 0 Å². The SMILES string of the molecule is O=[N+]([O-])c1cnc(Oc2c(Cl)cc(OCC=C(Br)Br)cc2Cl)c(Br)c1. The highest BCUT2D eigenvalue weighted by Crippen LogP contribution is 2.41. The molecule has 0 unspecified atom stereocenters. The Morgan fingerprint density at radius 2 is 1.92 bits per heavy atom. The molecule has 0 aliphatic rings. The van der Waals surface area contributed by atoms with Gasteiger partial charge < -0.3 is 9.47 Å². The number of nitrogens with zero attached hydrogens (tertiary/aromatic N) is 2. The van der Waals surface area contributed by atoms with Crippen molar-refractivity contribution in [1.29, 1.82) is 0 Å². The van der Waals surface area contributed by atoms with Crippen LogP contribution in [0.3, 0.4) is 0 Å². The van der Waals surface area contributed by atoms with Gasteiger partial charge in [0, 0.05) is 18.2 Å². The molecule has 0 atom stereocenters. The number of hydrogen-bond donors (Lipinski definition) is 0. The number of halogens is 5. The van der Waals surface area contributed by atoms with Crippen LogP contribution in [0.4, 0.5) is 5.69 Å². The summed E-state index contributed by atoms with van der Waals surface area (Å²) in [6.45, 7) is 0.300. The Bertz CT molecular complexity index is 822. The average molecular weight is 578 g/mol. The summed E-state index contributed by atoms with van der Waals surface area (Å²) in [5.41, 5.74) is -0.175. The second-order valence-corrected chi connectivity index (χ2v) is 8.80. The van der Waals surface area contributed by atoms with E-state index < -0.39 is 4.92 Å². The van der Waals surface area contributed by atoms with Crippen molar-refractivity contribution in [2.75, 3.05) is 6.61 Å². The van der Waals surface area contributed by atoms with Crippen LogP contribution in [-0.2, 0) is 0 Å². The minimum Gasteiger partial charge on any atom is -0.489 e. The van der Waals surface area contributed by atoms with Gasteiger partial charge in [-0.1, -0.05) is 23.2 Å². The summed E-state index contributed by atoms with van der Waals surface area (Å²) in [4.78, 5) is 14.1. The Morgan fingerprint density at radius 3 is 2.44 bits per heavy atom. The van der Waals surface area contributed by atoms with Crippen LogP contribution < -0.4 is 9.47 Å². The van der Waals surface area contributed by atoms with E-state index in [-0.39, 0.29) is 27.4 Å². The highest BCUT2D eigenvalue weighted by Gasteiger charge is 2.16. The summed E-state index contributed by atoms with van der Waals surface area (Å²) in [7, 11) is 0.